The van der Waals surface area contributed by atoms with Gasteiger partial charge in [0.15, 0.2) is 0 Å². The molecular formula is Br3GaO12. The molecule has 0 radical (unpaired) electrons. The van der Waals surface area contributed by atoms with E-state index in [0.29, 0.717) is 0 Å². The number of hydrogen-bond acceptors (Lipinski definition) is 12. The Morgan fingerprint density at radius 2 is 0.312 bits per heavy atom. The first kappa shape index (κ1) is 26.2. The van der Waals surface area contributed by atoms with Crippen molar-refractivity contribution in [3.05, 3.63) is 0 Å². The van der Waals surface area contributed by atoms with Gasteiger partial charge in [-0.05, 0) is 0 Å². The largest absolute Gasteiger partial charge is 3.00 e. The maximum Gasteiger partial charge on any atom is 3.00 e. The number of halogens is 3. The number of rotatable bonds is 0. The third kappa shape index (κ3) is 1300. The quantitative estimate of drug-likeness (QED) is 0.280. The van der Waals surface area contributed by atoms with E-state index in [1.165, 1.54) is 0 Å². The van der Waals surface area contributed by atoms with Gasteiger partial charge in [-0.3, -0.25) is 50.4 Å². The Kier molecular flexibility index (Phi) is 17.2. The third-order valence-corrected chi connectivity index (χ3v) is 0. The van der Waals surface area contributed by atoms with E-state index in [0.717, 1.165) is 0 Å². The van der Waals surface area contributed by atoms with Crippen LogP contribution in [0.1, 0.15) is 0 Å². The van der Waals surface area contributed by atoms with Crippen molar-refractivity contribution in [3.8, 4) is 0 Å². The Balaban J connectivity index is -0.0000000655. The zero-order valence-corrected chi connectivity index (χ0v) is 13.8. The van der Waals surface area contributed by atoms with Crippen molar-refractivity contribution in [2.24, 2.45) is 0 Å². The molecule has 0 amide bonds. The maximum absolute atomic E-state index is 8.58. The molecule has 96 valence electrons. The van der Waals surface area contributed by atoms with Crippen LogP contribution in [0.25, 0.3) is 0 Å². The zero-order chi connectivity index (χ0) is 13.5. The summed E-state index contributed by atoms with van der Waals surface area (Å²) in [6.45, 7) is 0. The van der Waals surface area contributed by atoms with Gasteiger partial charge in [-0.1, -0.05) is 0 Å². The van der Waals surface area contributed by atoms with Gasteiger partial charge in [0.2, 0.25) is 0 Å². The van der Waals surface area contributed by atoms with E-state index in [4.69, 9.17) is 50.4 Å². The van der Waals surface area contributed by atoms with E-state index in [9.17, 15) is 0 Å². The predicted molar refractivity (Wildman–Crippen MR) is 5.75 cm³/mol. The summed E-state index contributed by atoms with van der Waals surface area (Å²) in [4.78, 5) is 0. The Labute approximate surface area is 112 Å². The molecule has 0 aliphatic heterocycles. The fourth-order valence-electron chi connectivity index (χ4n) is 0. The monoisotopic (exact) mass is 498 g/mol. The zero-order valence-electron chi connectivity index (χ0n) is 6.61. The molecule has 0 spiro atoms. The molecule has 16 heavy (non-hydrogen) atoms. The Bertz CT molecular complexity index is 91.3. The molecule has 0 unspecified atom stereocenters. The molecule has 0 fully saturated rings. The average Bonchev–Trinajstić information content (AvgIpc) is 1.41. The normalized spacial score (nSPS) is 11.2. The summed E-state index contributed by atoms with van der Waals surface area (Å²) in [7, 11) is 0. The van der Waals surface area contributed by atoms with Gasteiger partial charge in [0.25, 0.3) is 0 Å². The van der Waals surface area contributed by atoms with Crippen LogP contribution in [0.4, 0.5) is 0 Å². The van der Waals surface area contributed by atoms with E-state index in [2.05, 4.69) is 0 Å². The molecule has 12 nitrogen and oxygen atoms in total. The van der Waals surface area contributed by atoms with Gasteiger partial charge in [0, 0.05) is 0 Å². The first-order valence-electron chi connectivity index (χ1n) is 1.85. The molecule has 0 aromatic carbocycles. The Morgan fingerprint density at radius 1 is 0.312 bits per heavy atom. The van der Waals surface area contributed by atoms with Crippen LogP contribution < -0.4 is 50.4 Å². The van der Waals surface area contributed by atoms with Crippen molar-refractivity contribution in [1.29, 1.82) is 0 Å². The van der Waals surface area contributed by atoms with Crippen molar-refractivity contribution in [2.75, 3.05) is 0 Å². The maximum atomic E-state index is 8.58. The van der Waals surface area contributed by atoms with Crippen LogP contribution >= 0.6 is 0 Å². The molecule has 0 heterocycles. The van der Waals surface area contributed by atoms with Crippen LogP contribution in [0.2, 0.25) is 0 Å². The van der Waals surface area contributed by atoms with E-state index in [1.807, 2.05) is 0 Å². The van der Waals surface area contributed by atoms with Gasteiger partial charge in [-0.2, -0.15) is 0 Å². The molecule has 0 aliphatic rings. The third-order valence-electron chi connectivity index (χ3n) is 0. The topological polar surface area (TPSA) is 277 Å². The SMILES string of the molecule is [Ga+3].[O-][Br+3]([O-])([O-])[O-].[O-][Br+3]([O-])([O-])[O-].[O-][Br+3]([O-])([O-])[O-]. The van der Waals surface area contributed by atoms with Crippen LogP contribution in [-0.2, 0) is 0 Å². The van der Waals surface area contributed by atoms with Gasteiger partial charge in [-0.25, -0.2) is 0 Å². The molecule has 0 bridgehead atoms. The summed E-state index contributed by atoms with van der Waals surface area (Å²) in [5.41, 5.74) is 0. The van der Waals surface area contributed by atoms with Gasteiger partial charge in [-0.15, -0.1) is 0 Å². The number of hydrogen-bond donors (Lipinski definition) is 0. The van der Waals surface area contributed by atoms with Crippen LogP contribution in [0, 0.1) is 42.3 Å². The second kappa shape index (κ2) is 10.5. The Morgan fingerprint density at radius 3 is 0.312 bits per heavy atom. The van der Waals surface area contributed by atoms with E-state index in [-0.39, 0.29) is 19.8 Å². The van der Waals surface area contributed by atoms with E-state index in [1.54, 1.807) is 0 Å². The molecule has 0 atom stereocenters. The summed E-state index contributed by atoms with van der Waals surface area (Å²) in [6, 6.07) is 0. The van der Waals surface area contributed by atoms with Crippen molar-refractivity contribution < 1.29 is 92.6 Å². The second-order valence-corrected chi connectivity index (χ2v) is 5.89. The fourth-order valence-corrected chi connectivity index (χ4v) is 0. The molecule has 0 rings (SSSR count). The van der Waals surface area contributed by atoms with Crippen LogP contribution in [0.3, 0.4) is 0 Å². The summed E-state index contributed by atoms with van der Waals surface area (Å²) in [5.74, 6) is 0. The molecule has 16 heteroatoms. The smallest absolute Gasteiger partial charge is 0.264 e. The molecule has 0 aromatic rings. The van der Waals surface area contributed by atoms with Crippen LogP contribution in [-0.4, -0.2) is 19.8 Å². The minimum Gasteiger partial charge on any atom is -0.264 e. The van der Waals surface area contributed by atoms with Gasteiger partial charge in [0.05, 0.1) is 42.3 Å². The van der Waals surface area contributed by atoms with Crippen molar-refractivity contribution in [3.63, 3.8) is 0 Å². The van der Waals surface area contributed by atoms with Gasteiger partial charge < -0.3 is 0 Å². The molecule has 0 saturated heterocycles. The fraction of sp³-hybridized carbons (Fsp3) is 0. The van der Waals surface area contributed by atoms with Crippen LogP contribution in [0.5, 0.6) is 0 Å². The van der Waals surface area contributed by atoms with Crippen LogP contribution in [0.15, 0.2) is 0 Å². The first-order valence-corrected chi connectivity index (χ1v) is 9.62. The summed E-state index contributed by atoms with van der Waals surface area (Å²) < 4.78 is 103. The van der Waals surface area contributed by atoms with Crippen molar-refractivity contribution >= 4 is 19.8 Å². The molecule has 0 aliphatic carbocycles. The molecular weight excluding hydrogens is 501 g/mol. The minimum atomic E-state index is -5.62. The summed E-state index contributed by atoms with van der Waals surface area (Å²) in [5, 5.41) is 0. The Hall–Kier alpha value is 1.60. The van der Waals surface area contributed by atoms with E-state index < -0.39 is 42.3 Å². The minimum absolute atomic E-state index is 0. The van der Waals surface area contributed by atoms with E-state index >= 15 is 0 Å². The van der Waals surface area contributed by atoms with Crippen molar-refractivity contribution in [2.45, 2.75) is 0 Å². The van der Waals surface area contributed by atoms with Crippen molar-refractivity contribution in [1.82, 2.24) is 0 Å². The molecule has 0 saturated carbocycles. The second-order valence-electron chi connectivity index (χ2n) is 1.13. The average molecular weight is 501 g/mol. The van der Waals surface area contributed by atoms with Gasteiger partial charge >= 0.3 is 19.8 Å². The standard InChI is InChI=1S/3BrO4.Ga/c3*2-1(3,4)5;/q3*-1;+3. The first-order chi connectivity index (χ1) is 6.00. The summed E-state index contributed by atoms with van der Waals surface area (Å²) >= 11 is -16.9. The summed E-state index contributed by atoms with van der Waals surface area (Å²) in [6.07, 6.45) is 0. The van der Waals surface area contributed by atoms with Gasteiger partial charge in [0.1, 0.15) is 0 Å². The molecule has 0 aromatic heterocycles. The predicted octanol–water partition coefficient (Wildman–Crippen LogP) is -14.6. The molecule has 0 N–H and O–H groups in total.